The van der Waals surface area contributed by atoms with Gasteiger partial charge in [-0.3, -0.25) is 4.31 Å². The predicted octanol–water partition coefficient (Wildman–Crippen LogP) is 3.59. The fourth-order valence-corrected chi connectivity index (χ4v) is 4.93. The molecule has 1 aliphatic heterocycles. The Morgan fingerprint density at radius 2 is 1.92 bits per heavy atom. The molecule has 0 atom stereocenters. The Bertz CT molecular complexity index is 893. The van der Waals surface area contributed by atoms with Crippen molar-refractivity contribution >= 4 is 15.7 Å². The Hall–Kier alpha value is -2.08. The first-order valence-corrected chi connectivity index (χ1v) is 9.25. The van der Waals surface area contributed by atoms with Gasteiger partial charge < -0.3 is 4.74 Å². The monoisotopic (exact) mass is 349 g/mol. The largest absolute Gasteiger partial charge is 0.495 e. The van der Waals surface area contributed by atoms with Crippen molar-refractivity contribution in [3.63, 3.8) is 0 Å². The van der Waals surface area contributed by atoms with E-state index in [2.05, 4.69) is 0 Å². The first-order chi connectivity index (χ1) is 11.4. The third-order valence-electron chi connectivity index (χ3n) is 4.39. The third kappa shape index (κ3) is 2.65. The van der Waals surface area contributed by atoms with Crippen LogP contribution in [0, 0.1) is 19.7 Å². The summed E-state index contributed by atoms with van der Waals surface area (Å²) in [5.41, 5.74) is 2.64. The molecule has 1 heterocycles. The van der Waals surface area contributed by atoms with Crippen LogP contribution in [0.25, 0.3) is 0 Å². The molecule has 0 radical (unpaired) electrons. The topological polar surface area (TPSA) is 46.6 Å². The minimum absolute atomic E-state index is 0.0683. The van der Waals surface area contributed by atoms with Gasteiger partial charge in [-0.1, -0.05) is 12.1 Å². The SMILES string of the molecule is COc1ccc(C)cc1S(=O)(=O)N1CCCc2c(C)ccc(F)c21. The molecule has 0 unspecified atom stereocenters. The van der Waals surface area contributed by atoms with Gasteiger partial charge in [-0.25, -0.2) is 12.8 Å². The maximum absolute atomic E-state index is 14.5. The molecule has 128 valence electrons. The lowest BCUT2D eigenvalue weighted by Gasteiger charge is -2.32. The number of hydrogen-bond acceptors (Lipinski definition) is 3. The van der Waals surface area contributed by atoms with Crippen LogP contribution in [0.3, 0.4) is 0 Å². The molecule has 0 spiro atoms. The first kappa shape index (κ1) is 16.8. The highest BCUT2D eigenvalue weighted by atomic mass is 32.2. The van der Waals surface area contributed by atoms with E-state index in [1.54, 1.807) is 24.3 Å². The number of fused-ring (bicyclic) bond motifs is 1. The molecular formula is C18H20FNO3S. The van der Waals surface area contributed by atoms with Crippen molar-refractivity contribution in [3.8, 4) is 5.75 Å². The normalized spacial score (nSPS) is 14.4. The van der Waals surface area contributed by atoms with Crippen molar-refractivity contribution in [1.29, 1.82) is 0 Å². The van der Waals surface area contributed by atoms with Crippen LogP contribution in [0.2, 0.25) is 0 Å². The number of sulfonamides is 1. The number of benzene rings is 2. The van der Waals surface area contributed by atoms with Crippen molar-refractivity contribution in [2.75, 3.05) is 18.0 Å². The second kappa shape index (κ2) is 6.09. The number of ether oxygens (including phenoxy) is 1. The standard InChI is InChI=1S/C18H20FNO3S/c1-12-6-9-16(23-3)17(11-12)24(21,22)20-10-4-5-14-13(2)7-8-15(19)18(14)20/h6-9,11H,4-5,10H2,1-3H3. The summed E-state index contributed by atoms with van der Waals surface area (Å²) < 4.78 is 47.3. The van der Waals surface area contributed by atoms with E-state index in [0.29, 0.717) is 12.8 Å². The van der Waals surface area contributed by atoms with Crippen molar-refractivity contribution in [2.24, 2.45) is 0 Å². The van der Waals surface area contributed by atoms with Crippen LogP contribution in [0.1, 0.15) is 23.1 Å². The van der Waals surface area contributed by atoms with Gasteiger partial charge in [0.2, 0.25) is 0 Å². The van der Waals surface area contributed by atoms with Gasteiger partial charge in [-0.2, -0.15) is 0 Å². The van der Waals surface area contributed by atoms with Crippen LogP contribution in [-0.4, -0.2) is 22.1 Å². The Morgan fingerprint density at radius 3 is 2.62 bits per heavy atom. The van der Waals surface area contributed by atoms with Crippen molar-refractivity contribution in [1.82, 2.24) is 0 Å². The fraction of sp³-hybridized carbons (Fsp3) is 0.333. The minimum Gasteiger partial charge on any atom is -0.495 e. The van der Waals surface area contributed by atoms with E-state index in [9.17, 15) is 12.8 Å². The van der Waals surface area contributed by atoms with Crippen molar-refractivity contribution in [3.05, 3.63) is 52.8 Å². The molecule has 0 fully saturated rings. The summed E-state index contributed by atoms with van der Waals surface area (Å²) in [4.78, 5) is 0.0683. The zero-order chi connectivity index (χ0) is 17.5. The Morgan fingerprint density at radius 1 is 1.17 bits per heavy atom. The van der Waals surface area contributed by atoms with E-state index in [1.165, 1.54) is 17.5 Å². The highest BCUT2D eigenvalue weighted by molar-refractivity contribution is 7.93. The van der Waals surface area contributed by atoms with E-state index in [1.807, 2.05) is 13.8 Å². The number of hydrogen-bond donors (Lipinski definition) is 0. The second-order valence-corrected chi connectivity index (χ2v) is 7.86. The Balaban J connectivity index is 2.21. The van der Waals surface area contributed by atoms with Gasteiger partial charge in [0, 0.05) is 6.54 Å². The smallest absolute Gasteiger partial charge is 0.268 e. The minimum atomic E-state index is -3.91. The number of methoxy groups -OCH3 is 1. The lowest BCUT2D eigenvalue weighted by molar-refractivity contribution is 0.402. The molecule has 0 aliphatic carbocycles. The van der Waals surface area contributed by atoms with Gasteiger partial charge in [0.1, 0.15) is 16.5 Å². The van der Waals surface area contributed by atoms with Crippen LogP contribution >= 0.6 is 0 Å². The number of aryl methyl sites for hydroxylation is 2. The third-order valence-corrected chi connectivity index (χ3v) is 6.21. The molecule has 24 heavy (non-hydrogen) atoms. The predicted molar refractivity (Wildman–Crippen MR) is 91.7 cm³/mol. The zero-order valence-electron chi connectivity index (χ0n) is 14.0. The summed E-state index contributed by atoms with van der Waals surface area (Å²) in [6, 6.07) is 8.00. The summed E-state index contributed by atoms with van der Waals surface area (Å²) in [5, 5.41) is 0. The lowest BCUT2D eigenvalue weighted by atomic mass is 9.98. The summed E-state index contributed by atoms with van der Waals surface area (Å²) in [6.07, 6.45) is 1.33. The maximum Gasteiger partial charge on any atom is 0.268 e. The fourth-order valence-electron chi connectivity index (χ4n) is 3.15. The number of anilines is 1. The van der Waals surface area contributed by atoms with Gasteiger partial charge >= 0.3 is 0 Å². The molecule has 0 aromatic heterocycles. The average Bonchev–Trinajstić information content (AvgIpc) is 2.57. The first-order valence-electron chi connectivity index (χ1n) is 7.81. The van der Waals surface area contributed by atoms with E-state index in [4.69, 9.17) is 4.74 Å². The molecule has 2 aromatic carbocycles. The lowest BCUT2D eigenvalue weighted by Crippen LogP contribution is -2.36. The molecule has 6 heteroatoms. The van der Waals surface area contributed by atoms with Crippen molar-refractivity contribution < 1.29 is 17.5 Å². The second-order valence-electron chi connectivity index (χ2n) is 6.03. The molecule has 1 aliphatic rings. The Kier molecular flexibility index (Phi) is 4.25. The summed E-state index contributed by atoms with van der Waals surface area (Å²) in [7, 11) is -2.48. The van der Waals surface area contributed by atoms with Gasteiger partial charge in [-0.15, -0.1) is 0 Å². The van der Waals surface area contributed by atoms with E-state index >= 15 is 0 Å². The van der Waals surface area contributed by atoms with Crippen LogP contribution in [0.15, 0.2) is 35.2 Å². The van der Waals surface area contributed by atoms with Crippen LogP contribution in [0.5, 0.6) is 5.75 Å². The maximum atomic E-state index is 14.5. The average molecular weight is 349 g/mol. The molecular weight excluding hydrogens is 329 g/mol. The number of nitrogens with zero attached hydrogens (tertiary/aromatic N) is 1. The van der Waals surface area contributed by atoms with Gasteiger partial charge in [0.25, 0.3) is 10.0 Å². The van der Waals surface area contributed by atoms with E-state index in [-0.39, 0.29) is 22.9 Å². The van der Waals surface area contributed by atoms with Crippen LogP contribution in [0.4, 0.5) is 10.1 Å². The quantitative estimate of drug-likeness (QED) is 0.851. The summed E-state index contributed by atoms with van der Waals surface area (Å²) >= 11 is 0. The van der Waals surface area contributed by atoms with Crippen molar-refractivity contribution in [2.45, 2.75) is 31.6 Å². The molecule has 4 nitrogen and oxygen atoms in total. The summed E-state index contributed by atoms with van der Waals surface area (Å²) in [5.74, 6) is -0.244. The van der Waals surface area contributed by atoms with Crippen LogP contribution in [-0.2, 0) is 16.4 Å². The Labute approximate surface area is 141 Å². The van der Waals surface area contributed by atoms with Gasteiger partial charge in [0.05, 0.1) is 12.8 Å². The van der Waals surface area contributed by atoms with Crippen LogP contribution < -0.4 is 9.04 Å². The summed E-state index contributed by atoms with van der Waals surface area (Å²) in [6.45, 7) is 3.95. The van der Waals surface area contributed by atoms with Gasteiger partial charge in [-0.05, 0) is 61.6 Å². The molecule has 0 N–H and O–H groups in total. The molecule has 0 bridgehead atoms. The number of halogens is 1. The van der Waals surface area contributed by atoms with Gasteiger partial charge in [0.15, 0.2) is 0 Å². The molecule has 0 saturated carbocycles. The van der Waals surface area contributed by atoms with E-state index < -0.39 is 15.8 Å². The highest BCUT2D eigenvalue weighted by Crippen LogP contribution is 2.38. The number of rotatable bonds is 3. The molecule has 0 saturated heterocycles. The zero-order valence-corrected chi connectivity index (χ0v) is 14.8. The van der Waals surface area contributed by atoms with E-state index in [0.717, 1.165) is 16.7 Å². The molecule has 0 amide bonds. The molecule has 3 rings (SSSR count). The highest BCUT2D eigenvalue weighted by Gasteiger charge is 2.34. The molecule has 2 aromatic rings.